The van der Waals surface area contributed by atoms with E-state index in [1.807, 2.05) is 31.2 Å². The first-order valence-electron chi connectivity index (χ1n) is 7.47. The molecular formula is C17H13ClN4O2. The van der Waals surface area contributed by atoms with Gasteiger partial charge in [0.05, 0.1) is 11.4 Å². The number of hydrogen-bond donors (Lipinski definition) is 0. The summed E-state index contributed by atoms with van der Waals surface area (Å²) in [5.74, 6) is -0.729. The maximum atomic E-state index is 12.9. The summed E-state index contributed by atoms with van der Waals surface area (Å²) >= 11 is 5.98. The van der Waals surface area contributed by atoms with E-state index in [0.29, 0.717) is 10.7 Å². The molecule has 1 saturated heterocycles. The molecule has 0 unspecified atom stereocenters. The maximum Gasteiger partial charge on any atom is 0.263 e. The van der Waals surface area contributed by atoms with E-state index in [9.17, 15) is 9.59 Å². The van der Waals surface area contributed by atoms with E-state index in [1.165, 1.54) is 5.01 Å². The van der Waals surface area contributed by atoms with E-state index in [2.05, 4.69) is 10.3 Å². The third kappa shape index (κ3) is 2.11. The molecule has 0 radical (unpaired) electrons. The molecule has 1 fully saturated rings. The fraction of sp³-hybridized carbons (Fsp3) is 0.176. The molecule has 0 bridgehead atoms. The van der Waals surface area contributed by atoms with Gasteiger partial charge in [0.2, 0.25) is 0 Å². The number of carbonyl (C=O) groups is 2. The molecule has 2 amide bonds. The first-order chi connectivity index (χ1) is 11.6. The standard InChI is InChI=1S/C17H13ClN4O2/c1-10-5-2-3-8-13(10)22-15-14(19-20-22)16(23)21(17(15)24)12-7-4-6-11(18)9-12/h2-9,14-15H,1H3/t14-,15+/m0/s1. The Morgan fingerprint density at radius 1 is 1.04 bits per heavy atom. The van der Waals surface area contributed by atoms with Gasteiger partial charge in [0.1, 0.15) is 0 Å². The Bertz CT molecular complexity index is 882. The van der Waals surface area contributed by atoms with Crippen LogP contribution in [0.1, 0.15) is 5.56 Å². The van der Waals surface area contributed by atoms with Gasteiger partial charge in [-0.25, -0.2) is 9.91 Å². The van der Waals surface area contributed by atoms with Crippen molar-refractivity contribution in [3.8, 4) is 0 Å². The number of hydrogen-bond acceptors (Lipinski definition) is 5. The Morgan fingerprint density at radius 2 is 1.83 bits per heavy atom. The maximum absolute atomic E-state index is 12.9. The molecular weight excluding hydrogens is 328 g/mol. The summed E-state index contributed by atoms with van der Waals surface area (Å²) in [5, 5.41) is 10.1. The monoisotopic (exact) mass is 340 g/mol. The molecule has 120 valence electrons. The average molecular weight is 341 g/mol. The van der Waals surface area contributed by atoms with Crippen LogP contribution in [0.25, 0.3) is 0 Å². The molecule has 2 aliphatic heterocycles. The molecule has 7 heteroatoms. The summed E-state index contributed by atoms with van der Waals surface area (Å²) in [7, 11) is 0. The highest BCUT2D eigenvalue weighted by Crippen LogP contribution is 2.36. The molecule has 2 aliphatic rings. The number of carbonyl (C=O) groups excluding carboxylic acids is 2. The van der Waals surface area contributed by atoms with Gasteiger partial charge in [0.25, 0.3) is 11.8 Å². The van der Waals surface area contributed by atoms with E-state index < -0.39 is 12.1 Å². The number of halogens is 1. The third-order valence-electron chi connectivity index (χ3n) is 4.21. The van der Waals surface area contributed by atoms with Crippen molar-refractivity contribution in [2.75, 3.05) is 9.91 Å². The van der Waals surface area contributed by atoms with Crippen molar-refractivity contribution >= 4 is 34.8 Å². The number of para-hydroxylation sites is 1. The number of benzene rings is 2. The van der Waals surface area contributed by atoms with E-state index >= 15 is 0 Å². The molecule has 2 heterocycles. The number of rotatable bonds is 2. The molecule has 0 aromatic heterocycles. The first kappa shape index (κ1) is 14.8. The van der Waals surface area contributed by atoms with Gasteiger partial charge in [-0.1, -0.05) is 41.1 Å². The molecule has 24 heavy (non-hydrogen) atoms. The highest BCUT2D eigenvalue weighted by molar-refractivity contribution is 6.32. The highest BCUT2D eigenvalue weighted by atomic mass is 35.5. The Hall–Kier alpha value is -2.73. The molecule has 0 aliphatic carbocycles. The van der Waals surface area contributed by atoms with Gasteiger partial charge in [0, 0.05) is 5.02 Å². The number of fused-ring (bicyclic) bond motifs is 1. The second kappa shape index (κ2) is 5.42. The van der Waals surface area contributed by atoms with E-state index in [0.717, 1.165) is 16.2 Å². The molecule has 6 nitrogen and oxygen atoms in total. The molecule has 2 aromatic rings. The van der Waals surface area contributed by atoms with Gasteiger partial charge in [0.15, 0.2) is 12.1 Å². The molecule has 0 N–H and O–H groups in total. The van der Waals surface area contributed by atoms with E-state index in [4.69, 9.17) is 11.6 Å². The number of nitrogens with zero attached hydrogens (tertiary/aromatic N) is 4. The van der Waals surface area contributed by atoms with E-state index in [-0.39, 0.29) is 11.8 Å². The predicted molar refractivity (Wildman–Crippen MR) is 90.0 cm³/mol. The minimum atomic E-state index is -0.823. The lowest BCUT2D eigenvalue weighted by Gasteiger charge is -2.22. The minimum absolute atomic E-state index is 0.347. The fourth-order valence-electron chi connectivity index (χ4n) is 3.05. The summed E-state index contributed by atoms with van der Waals surface area (Å²) in [6.07, 6.45) is 0. The number of amides is 2. The van der Waals surface area contributed by atoms with Crippen LogP contribution in [0.4, 0.5) is 11.4 Å². The van der Waals surface area contributed by atoms with Crippen molar-refractivity contribution in [1.29, 1.82) is 0 Å². The van der Waals surface area contributed by atoms with Crippen molar-refractivity contribution in [1.82, 2.24) is 0 Å². The zero-order chi connectivity index (χ0) is 16.8. The Kier molecular flexibility index (Phi) is 3.35. The van der Waals surface area contributed by atoms with Crippen molar-refractivity contribution in [3.05, 3.63) is 59.1 Å². The quantitative estimate of drug-likeness (QED) is 0.789. The van der Waals surface area contributed by atoms with Crippen LogP contribution in [0.3, 0.4) is 0 Å². The number of aryl methyl sites for hydroxylation is 1. The van der Waals surface area contributed by atoms with Gasteiger partial charge in [-0.2, -0.15) is 5.11 Å². The smallest absolute Gasteiger partial charge is 0.263 e. The zero-order valence-corrected chi connectivity index (χ0v) is 13.5. The van der Waals surface area contributed by atoms with Crippen LogP contribution in [0, 0.1) is 6.92 Å². The number of anilines is 2. The summed E-state index contributed by atoms with van der Waals surface area (Å²) in [6, 6.07) is 12.6. The fourth-order valence-corrected chi connectivity index (χ4v) is 3.23. The van der Waals surface area contributed by atoms with Crippen molar-refractivity contribution in [3.63, 3.8) is 0 Å². The van der Waals surface area contributed by atoms with Crippen LogP contribution >= 0.6 is 11.6 Å². The molecule has 0 spiro atoms. The van der Waals surface area contributed by atoms with Crippen LogP contribution in [0.2, 0.25) is 5.02 Å². The van der Waals surface area contributed by atoms with Crippen LogP contribution in [-0.4, -0.2) is 23.9 Å². The largest absolute Gasteiger partial charge is 0.271 e. The lowest BCUT2D eigenvalue weighted by Crippen LogP contribution is -2.40. The molecule has 4 rings (SSSR count). The predicted octanol–water partition coefficient (Wildman–Crippen LogP) is 3.15. The van der Waals surface area contributed by atoms with Crippen LogP contribution < -0.4 is 9.91 Å². The van der Waals surface area contributed by atoms with E-state index in [1.54, 1.807) is 24.3 Å². The Balaban J connectivity index is 1.74. The second-order valence-corrected chi connectivity index (χ2v) is 6.15. The van der Waals surface area contributed by atoms with Crippen molar-refractivity contribution in [2.45, 2.75) is 19.0 Å². The number of imide groups is 1. The summed E-state index contributed by atoms with van der Waals surface area (Å²) in [6.45, 7) is 1.92. The molecule has 0 saturated carbocycles. The highest BCUT2D eigenvalue weighted by Gasteiger charge is 2.55. The van der Waals surface area contributed by atoms with Crippen LogP contribution in [0.15, 0.2) is 58.9 Å². The van der Waals surface area contributed by atoms with Crippen molar-refractivity contribution in [2.24, 2.45) is 10.3 Å². The SMILES string of the molecule is Cc1ccccc1N1N=N[C@@H]2C(=O)N(c3cccc(Cl)c3)C(=O)[C@@H]21. The lowest BCUT2D eigenvalue weighted by atomic mass is 10.1. The summed E-state index contributed by atoms with van der Waals surface area (Å²) in [5.41, 5.74) is 2.17. The van der Waals surface area contributed by atoms with Gasteiger partial charge >= 0.3 is 0 Å². The average Bonchev–Trinajstić information content (AvgIpc) is 3.09. The lowest BCUT2D eigenvalue weighted by molar-refractivity contribution is -0.121. The topological polar surface area (TPSA) is 65.3 Å². The van der Waals surface area contributed by atoms with Gasteiger partial charge in [-0.3, -0.25) is 9.59 Å². The van der Waals surface area contributed by atoms with Gasteiger partial charge in [-0.15, -0.1) is 0 Å². The first-order valence-corrected chi connectivity index (χ1v) is 7.85. The van der Waals surface area contributed by atoms with Crippen LogP contribution in [-0.2, 0) is 9.59 Å². The Labute approximate surface area is 143 Å². The van der Waals surface area contributed by atoms with Gasteiger partial charge in [-0.05, 0) is 36.8 Å². The van der Waals surface area contributed by atoms with Crippen LogP contribution in [0.5, 0.6) is 0 Å². The second-order valence-electron chi connectivity index (χ2n) is 5.72. The normalized spacial score (nSPS) is 22.4. The van der Waals surface area contributed by atoms with Crippen molar-refractivity contribution < 1.29 is 9.59 Å². The molecule has 2 aromatic carbocycles. The molecule has 2 atom stereocenters. The Morgan fingerprint density at radius 3 is 2.58 bits per heavy atom. The third-order valence-corrected chi connectivity index (χ3v) is 4.45. The summed E-state index contributed by atoms with van der Waals surface area (Å²) < 4.78 is 0. The zero-order valence-electron chi connectivity index (χ0n) is 12.8. The minimum Gasteiger partial charge on any atom is -0.271 e. The summed E-state index contributed by atoms with van der Waals surface area (Å²) in [4.78, 5) is 26.7. The van der Waals surface area contributed by atoms with Gasteiger partial charge < -0.3 is 0 Å².